The minimum absolute atomic E-state index is 0.222. The van der Waals surface area contributed by atoms with Gasteiger partial charge in [0.15, 0.2) is 0 Å². The highest BCUT2D eigenvalue weighted by Gasteiger charge is 2.19. The van der Waals surface area contributed by atoms with Crippen LogP contribution in [-0.4, -0.2) is 10.3 Å². The van der Waals surface area contributed by atoms with E-state index in [-0.39, 0.29) is 5.82 Å². The van der Waals surface area contributed by atoms with Crippen molar-refractivity contribution in [2.45, 2.75) is 6.54 Å². The lowest BCUT2D eigenvalue weighted by Gasteiger charge is -2.06. The molecule has 0 atom stereocenters. The number of aliphatic imine (C=N–C) groups is 1. The van der Waals surface area contributed by atoms with Crippen molar-refractivity contribution in [2.75, 3.05) is 0 Å². The van der Waals surface area contributed by atoms with E-state index in [9.17, 15) is 4.39 Å². The third-order valence-corrected chi connectivity index (χ3v) is 4.38. The Morgan fingerprint density at radius 2 is 1.95 bits per heavy atom. The number of nitrogens with zero attached hydrogens (tertiary/aromatic N) is 2. The van der Waals surface area contributed by atoms with Crippen LogP contribution < -0.4 is 0 Å². The van der Waals surface area contributed by atoms with Gasteiger partial charge in [0.05, 0.1) is 12.3 Å². The minimum Gasteiger partial charge on any atom is -0.310 e. The minimum atomic E-state index is -0.222. The van der Waals surface area contributed by atoms with Crippen molar-refractivity contribution in [1.82, 2.24) is 4.57 Å². The SMILES string of the molecule is Fc1ccc(C2=NCc3cccn3-c3sccc32)cc1. The Kier molecular flexibility index (Phi) is 2.57. The molecule has 0 N–H and O–H groups in total. The molecule has 2 nitrogen and oxygen atoms in total. The van der Waals surface area contributed by atoms with E-state index in [2.05, 4.69) is 28.3 Å². The van der Waals surface area contributed by atoms with E-state index in [1.807, 2.05) is 6.07 Å². The second-order valence-corrected chi connectivity index (χ2v) is 5.58. The average molecular weight is 282 g/mol. The highest BCUT2D eigenvalue weighted by Crippen LogP contribution is 2.29. The summed E-state index contributed by atoms with van der Waals surface area (Å²) in [5, 5.41) is 3.24. The number of benzene rings is 1. The van der Waals surface area contributed by atoms with Gasteiger partial charge in [-0.25, -0.2) is 4.39 Å². The highest BCUT2D eigenvalue weighted by atomic mass is 32.1. The topological polar surface area (TPSA) is 17.3 Å². The zero-order chi connectivity index (χ0) is 13.5. The number of fused-ring (bicyclic) bond motifs is 3. The maximum Gasteiger partial charge on any atom is 0.123 e. The summed E-state index contributed by atoms with van der Waals surface area (Å²) in [6.45, 7) is 0.640. The largest absolute Gasteiger partial charge is 0.310 e. The first-order chi connectivity index (χ1) is 9.83. The zero-order valence-corrected chi connectivity index (χ0v) is 11.4. The average Bonchev–Trinajstić information content (AvgIpc) is 3.08. The highest BCUT2D eigenvalue weighted by molar-refractivity contribution is 7.13. The van der Waals surface area contributed by atoms with E-state index in [1.54, 1.807) is 23.5 Å². The van der Waals surface area contributed by atoms with Crippen molar-refractivity contribution in [1.29, 1.82) is 0 Å². The van der Waals surface area contributed by atoms with Gasteiger partial charge in [0.1, 0.15) is 10.8 Å². The first-order valence-corrected chi connectivity index (χ1v) is 7.26. The van der Waals surface area contributed by atoms with Crippen molar-refractivity contribution in [3.63, 3.8) is 0 Å². The van der Waals surface area contributed by atoms with Crippen molar-refractivity contribution >= 4 is 17.0 Å². The first-order valence-electron chi connectivity index (χ1n) is 6.38. The molecule has 1 aliphatic rings. The van der Waals surface area contributed by atoms with Crippen molar-refractivity contribution in [3.8, 4) is 5.00 Å². The summed E-state index contributed by atoms with van der Waals surface area (Å²) >= 11 is 1.70. The van der Waals surface area contributed by atoms with Crippen LogP contribution in [0.4, 0.5) is 4.39 Å². The number of aromatic nitrogens is 1. The van der Waals surface area contributed by atoms with Crippen LogP contribution in [0.3, 0.4) is 0 Å². The molecule has 0 spiro atoms. The lowest BCUT2D eigenvalue weighted by Crippen LogP contribution is -2.03. The van der Waals surface area contributed by atoms with Gasteiger partial charge in [-0.3, -0.25) is 4.99 Å². The van der Waals surface area contributed by atoms with Gasteiger partial charge < -0.3 is 4.57 Å². The summed E-state index contributed by atoms with van der Waals surface area (Å²) < 4.78 is 15.3. The summed E-state index contributed by atoms with van der Waals surface area (Å²) in [5.74, 6) is -0.222. The van der Waals surface area contributed by atoms with Crippen LogP contribution in [0.25, 0.3) is 5.00 Å². The predicted molar refractivity (Wildman–Crippen MR) is 79.4 cm³/mol. The molecule has 98 valence electrons. The van der Waals surface area contributed by atoms with Gasteiger partial charge in [0, 0.05) is 23.0 Å². The van der Waals surface area contributed by atoms with E-state index in [0.717, 1.165) is 16.8 Å². The van der Waals surface area contributed by atoms with Gasteiger partial charge in [-0.2, -0.15) is 0 Å². The Balaban J connectivity index is 1.91. The monoisotopic (exact) mass is 282 g/mol. The standard InChI is InChI=1S/C16H11FN2S/c17-12-5-3-11(4-6-12)15-14-7-9-20-16(14)19-8-1-2-13(19)10-18-15/h1-9H,10H2. The third kappa shape index (κ3) is 1.72. The number of halogens is 1. The molecule has 20 heavy (non-hydrogen) atoms. The molecule has 0 saturated heterocycles. The van der Waals surface area contributed by atoms with Crippen LogP contribution in [0.2, 0.25) is 0 Å². The lowest BCUT2D eigenvalue weighted by atomic mass is 10.0. The molecule has 0 unspecified atom stereocenters. The van der Waals surface area contributed by atoms with E-state index in [4.69, 9.17) is 4.99 Å². The quantitative estimate of drug-likeness (QED) is 0.641. The number of hydrogen-bond acceptors (Lipinski definition) is 2. The van der Waals surface area contributed by atoms with Crippen LogP contribution in [0.15, 0.2) is 59.0 Å². The van der Waals surface area contributed by atoms with E-state index < -0.39 is 0 Å². The summed E-state index contributed by atoms with van der Waals surface area (Å²) in [6.07, 6.45) is 2.06. The van der Waals surface area contributed by atoms with Gasteiger partial charge >= 0.3 is 0 Å². The van der Waals surface area contributed by atoms with Gasteiger partial charge in [-0.05, 0) is 47.8 Å². The van der Waals surface area contributed by atoms with E-state index >= 15 is 0 Å². The van der Waals surface area contributed by atoms with E-state index in [1.165, 1.54) is 22.8 Å². The van der Waals surface area contributed by atoms with Crippen LogP contribution >= 0.6 is 11.3 Å². The Morgan fingerprint density at radius 3 is 2.80 bits per heavy atom. The Hall–Kier alpha value is -2.20. The second-order valence-electron chi connectivity index (χ2n) is 4.68. The lowest BCUT2D eigenvalue weighted by molar-refractivity contribution is 0.628. The molecule has 0 amide bonds. The maximum atomic E-state index is 13.1. The smallest absolute Gasteiger partial charge is 0.123 e. The number of rotatable bonds is 1. The molecule has 4 rings (SSSR count). The number of thiophene rings is 1. The number of hydrogen-bond donors (Lipinski definition) is 0. The summed E-state index contributed by atoms with van der Waals surface area (Å²) in [7, 11) is 0. The fourth-order valence-electron chi connectivity index (χ4n) is 2.51. The third-order valence-electron chi connectivity index (χ3n) is 3.47. The van der Waals surface area contributed by atoms with E-state index in [0.29, 0.717) is 6.54 Å². The van der Waals surface area contributed by atoms with Crippen LogP contribution in [-0.2, 0) is 6.54 Å². The summed E-state index contributed by atoms with van der Waals surface area (Å²) in [5.41, 5.74) is 4.17. The fraction of sp³-hybridized carbons (Fsp3) is 0.0625. The van der Waals surface area contributed by atoms with Crippen molar-refractivity contribution in [3.05, 3.63) is 76.7 Å². The van der Waals surface area contributed by atoms with Gasteiger partial charge in [-0.15, -0.1) is 11.3 Å². The first kappa shape index (κ1) is 11.6. The van der Waals surface area contributed by atoms with Gasteiger partial charge in [-0.1, -0.05) is 0 Å². The molecule has 1 aliphatic heterocycles. The van der Waals surface area contributed by atoms with Crippen LogP contribution in [0, 0.1) is 5.82 Å². The summed E-state index contributed by atoms with van der Waals surface area (Å²) in [6, 6.07) is 12.7. The Labute approximate surface area is 119 Å². The maximum absolute atomic E-state index is 13.1. The second kappa shape index (κ2) is 4.42. The molecule has 2 aromatic heterocycles. The summed E-state index contributed by atoms with van der Waals surface area (Å²) in [4.78, 5) is 4.73. The molecular weight excluding hydrogens is 271 g/mol. The molecular formula is C16H11FN2S. The molecule has 0 aliphatic carbocycles. The Morgan fingerprint density at radius 1 is 1.10 bits per heavy atom. The molecule has 1 aromatic carbocycles. The molecule has 0 radical (unpaired) electrons. The zero-order valence-electron chi connectivity index (χ0n) is 10.6. The van der Waals surface area contributed by atoms with Crippen molar-refractivity contribution in [2.24, 2.45) is 4.99 Å². The van der Waals surface area contributed by atoms with Crippen LogP contribution in [0.1, 0.15) is 16.8 Å². The molecule has 3 heterocycles. The molecule has 4 heteroatoms. The fourth-order valence-corrected chi connectivity index (χ4v) is 3.43. The normalized spacial score (nSPS) is 13.3. The van der Waals surface area contributed by atoms with Gasteiger partial charge in [0.25, 0.3) is 0 Å². The molecule has 0 fully saturated rings. The molecule has 3 aromatic rings. The predicted octanol–water partition coefficient (Wildman–Crippen LogP) is 4.03. The molecule has 0 saturated carbocycles. The van der Waals surface area contributed by atoms with Crippen molar-refractivity contribution < 1.29 is 4.39 Å². The molecule has 0 bridgehead atoms. The Bertz CT molecular complexity index is 796. The van der Waals surface area contributed by atoms with Gasteiger partial charge in [0.2, 0.25) is 0 Å². The van der Waals surface area contributed by atoms with Crippen LogP contribution in [0.5, 0.6) is 0 Å².